The Labute approximate surface area is 171 Å². The molecule has 1 aliphatic carbocycles. The summed E-state index contributed by atoms with van der Waals surface area (Å²) in [6.45, 7) is 0.141. The van der Waals surface area contributed by atoms with Gasteiger partial charge in [0, 0.05) is 17.6 Å². The normalized spacial score (nSPS) is 17.6. The van der Waals surface area contributed by atoms with E-state index >= 15 is 0 Å². The Bertz CT molecular complexity index is 871. The van der Waals surface area contributed by atoms with Crippen molar-refractivity contribution in [3.8, 4) is 0 Å². The summed E-state index contributed by atoms with van der Waals surface area (Å²) < 4.78 is 9.40. The van der Waals surface area contributed by atoms with Crippen LogP contribution < -0.4 is 0 Å². The molecule has 0 N–H and O–H groups in total. The van der Waals surface area contributed by atoms with E-state index in [1.54, 1.807) is 6.08 Å². The average Bonchev–Trinajstić information content (AvgIpc) is 3.51. The number of ether oxygens (including phenoxy) is 2. The molecule has 3 rings (SSSR count). The molecular formula is C25H24O4. The maximum absolute atomic E-state index is 11.4. The van der Waals surface area contributed by atoms with Crippen molar-refractivity contribution >= 4 is 11.9 Å². The Balaban J connectivity index is 1.57. The van der Waals surface area contributed by atoms with E-state index in [-0.39, 0.29) is 12.0 Å². The van der Waals surface area contributed by atoms with Gasteiger partial charge in [0.1, 0.15) is 6.61 Å². The molecule has 0 spiro atoms. The Morgan fingerprint density at radius 2 is 1.52 bits per heavy atom. The molecule has 0 radical (unpaired) electrons. The number of allylic oxidation sites excluding steroid dienone is 3. The summed E-state index contributed by atoms with van der Waals surface area (Å²) in [5, 5.41) is 0. The number of carbonyl (C=O) groups is 2. The smallest absolute Gasteiger partial charge is 0.331 e. The summed E-state index contributed by atoms with van der Waals surface area (Å²) in [5.74, 6) is -0.758. The average molecular weight is 388 g/mol. The van der Waals surface area contributed by atoms with E-state index in [9.17, 15) is 9.59 Å². The first kappa shape index (κ1) is 20.3. The van der Waals surface area contributed by atoms with Crippen molar-refractivity contribution in [2.24, 2.45) is 5.92 Å². The summed E-state index contributed by atoms with van der Waals surface area (Å²) in [6, 6.07) is 21.2. The number of methoxy groups -OCH3 is 1. The zero-order valence-electron chi connectivity index (χ0n) is 16.4. The molecule has 2 aromatic rings. The lowest BCUT2D eigenvalue weighted by atomic mass is 9.85. The second-order valence-electron chi connectivity index (χ2n) is 6.81. The fraction of sp³-hybridized carbons (Fsp3) is 0.200. The maximum Gasteiger partial charge on any atom is 0.331 e. The van der Waals surface area contributed by atoms with Crippen LogP contribution in [-0.2, 0) is 24.5 Å². The molecule has 0 bridgehead atoms. The Morgan fingerprint density at radius 1 is 0.931 bits per heavy atom. The Kier molecular flexibility index (Phi) is 6.80. The lowest BCUT2D eigenvalue weighted by Gasteiger charge is -2.18. The van der Waals surface area contributed by atoms with Crippen molar-refractivity contribution in [2.45, 2.75) is 11.8 Å². The SMILES string of the molecule is COC(=O)/C=C\C(=O)OC/C=C/C=C/C1CC1(c1ccccc1)c1ccccc1. The van der Waals surface area contributed by atoms with Crippen molar-refractivity contribution in [3.63, 3.8) is 0 Å². The molecule has 1 atom stereocenters. The van der Waals surface area contributed by atoms with Crippen molar-refractivity contribution in [3.05, 3.63) is 108 Å². The molecule has 4 nitrogen and oxygen atoms in total. The molecular weight excluding hydrogens is 364 g/mol. The lowest BCUT2D eigenvalue weighted by Crippen LogP contribution is -2.11. The first-order valence-electron chi connectivity index (χ1n) is 9.54. The van der Waals surface area contributed by atoms with Crippen molar-refractivity contribution in [1.82, 2.24) is 0 Å². The Hall–Kier alpha value is -3.40. The van der Waals surface area contributed by atoms with Gasteiger partial charge in [0.05, 0.1) is 7.11 Å². The van der Waals surface area contributed by atoms with Crippen LogP contribution in [0.15, 0.2) is 97.1 Å². The first-order valence-corrected chi connectivity index (χ1v) is 9.54. The summed E-state index contributed by atoms with van der Waals surface area (Å²) in [6.07, 6.45) is 11.0. The summed E-state index contributed by atoms with van der Waals surface area (Å²) in [5.41, 5.74) is 2.69. The van der Waals surface area contributed by atoms with E-state index in [4.69, 9.17) is 4.74 Å². The van der Waals surface area contributed by atoms with Gasteiger partial charge in [-0.3, -0.25) is 0 Å². The number of benzene rings is 2. The van der Waals surface area contributed by atoms with Gasteiger partial charge in [-0.05, 0) is 29.5 Å². The van der Waals surface area contributed by atoms with Gasteiger partial charge in [0.15, 0.2) is 0 Å². The van der Waals surface area contributed by atoms with E-state index in [0.717, 1.165) is 18.6 Å². The summed E-state index contributed by atoms with van der Waals surface area (Å²) >= 11 is 0. The molecule has 148 valence electrons. The quantitative estimate of drug-likeness (QED) is 0.383. The number of rotatable bonds is 8. The Morgan fingerprint density at radius 3 is 2.10 bits per heavy atom. The second kappa shape index (κ2) is 9.69. The molecule has 0 saturated heterocycles. The van der Waals surface area contributed by atoms with Crippen LogP contribution in [0.25, 0.3) is 0 Å². The summed E-state index contributed by atoms with van der Waals surface area (Å²) in [7, 11) is 1.25. The van der Waals surface area contributed by atoms with Gasteiger partial charge >= 0.3 is 11.9 Å². The van der Waals surface area contributed by atoms with E-state index in [1.165, 1.54) is 18.2 Å². The van der Waals surface area contributed by atoms with Gasteiger partial charge in [-0.25, -0.2) is 9.59 Å². The van der Waals surface area contributed by atoms with Crippen molar-refractivity contribution < 1.29 is 19.1 Å². The van der Waals surface area contributed by atoms with Crippen LogP contribution in [0.2, 0.25) is 0 Å². The minimum Gasteiger partial charge on any atom is -0.466 e. The molecule has 1 unspecified atom stereocenters. The highest BCUT2D eigenvalue weighted by molar-refractivity contribution is 5.91. The minimum atomic E-state index is -0.592. The fourth-order valence-electron chi connectivity index (χ4n) is 3.54. The molecule has 0 heterocycles. The number of esters is 2. The van der Waals surface area contributed by atoms with Crippen LogP contribution in [0.3, 0.4) is 0 Å². The van der Waals surface area contributed by atoms with E-state index < -0.39 is 11.9 Å². The minimum absolute atomic E-state index is 0.0258. The van der Waals surface area contributed by atoms with Crippen LogP contribution in [0, 0.1) is 5.92 Å². The topological polar surface area (TPSA) is 52.6 Å². The molecule has 2 aromatic carbocycles. The summed E-state index contributed by atoms with van der Waals surface area (Å²) in [4.78, 5) is 22.4. The van der Waals surface area contributed by atoms with Crippen LogP contribution in [0.4, 0.5) is 0 Å². The molecule has 1 aliphatic rings. The van der Waals surface area contributed by atoms with Gasteiger partial charge in [-0.15, -0.1) is 0 Å². The highest BCUT2D eigenvalue weighted by Gasteiger charge is 2.54. The number of hydrogen-bond acceptors (Lipinski definition) is 4. The van der Waals surface area contributed by atoms with E-state index in [2.05, 4.69) is 59.3 Å². The van der Waals surface area contributed by atoms with Crippen LogP contribution >= 0.6 is 0 Å². The number of carbonyl (C=O) groups excluding carboxylic acids is 2. The monoisotopic (exact) mass is 388 g/mol. The molecule has 29 heavy (non-hydrogen) atoms. The van der Waals surface area contributed by atoms with E-state index in [0.29, 0.717) is 5.92 Å². The zero-order valence-corrected chi connectivity index (χ0v) is 16.4. The third-order valence-corrected chi connectivity index (χ3v) is 5.06. The third kappa shape index (κ3) is 5.11. The molecule has 0 aliphatic heterocycles. The molecule has 0 amide bonds. The largest absolute Gasteiger partial charge is 0.466 e. The molecule has 1 saturated carbocycles. The lowest BCUT2D eigenvalue weighted by molar-refractivity contribution is -0.138. The van der Waals surface area contributed by atoms with E-state index in [1.807, 2.05) is 24.3 Å². The van der Waals surface area contributed by atoms with Crippen molar-refractivity contribution in [1.29, 1.82) is 0 Å². The van der Waals surface area contributed by atoms with Crippen molar-refractivity contribution in [2.75, 3.05) is 13.7 Å². The maximum atomic E-state index is 11.4. The fourth-order valence-corrected chi connectivity index (χ4v) is 3.54. The van der Waals surface area contributed by atoms with Gasteiger partial charge in [-0.1, -0.05) is 78.9 Å². The first-order chi connectivity index (χ1) is 14.2. The third-order valence-electron chi connectivity index (χ3n) is 5.06. The standard InChI is InChI=1S/C25H24O4/c1-28-23(26)16-17-24(27)29-18-10-4-9-15-22-19-25(22,20-11-5-2-6-12-20)21-13-7-3-8-14-21/h2-17,22H,18-19H2,1H3/b10-4+,15-9+,17-16-. The highest BCUT2D eigenvalue weighted by Crippen LogP contribution is 2.59. The highest BCUT2D eigenvalue weighted by atomic mass is 16.5. The van der Waals surface area contributed by atoms with Gasteiger partial charge in [-0.2, -0.15) is 0 Å². The molecule has 4 heteroatoms. The predicted molar refractivity (Wildman–Crippen MR) is 112 cm³/mol. The molecule has 1 fully saturated rings. The van der Waals surface area contributed by atoms with Gasteiger partial charge in [0.25, 0.3) is 0 Å². The van der Waals surface area contributed by atoms with Crippen LogP contribution in [0.1, 0.15) is 17.5 Å². The van der Waals surface area contributed by atoms with Crippen LogP contribution in [-0.4, -0.2) is 25.7 Å². The molecule has 0 aromatic heterocycles. The van der Waals surface area contributed by atoms with Crippen LogP contribution in [0.5, 0.6) is 0 Å². The number of hydrogen-bond donors (Lipinski definition) is 0. The predicted octanol–water partition coefficient (Wildman–Crippen LogP) is 4.38. The second-order valence-corrected chi connectivity index (χ2v) is 6.81. The van der Waals surface area contributed by atoms with Gasteiger partial charge in [0.2, 0.25) is 0 Å². The zero-order chi connectivity index (χ0) is 20.5. The van der Waals surface area contributed by atoms with Gasteiger partial charge < -0.3 is 9.47 Å².